The van der Waals surface area contributed by atoms with Gasteiger partial charge in [-0.15, -0.1) is 0 Å². The van der Waals surface area contributed by atoms with Crippen molar-refractivity contribution in [2.75, 3.05) is 5.32 Å². The van der Waals surface area contributed by atoms with E-state index in [1.807, 2.05) is 24.3 Å². The first kappa shape index (κ1) is 16.6. The van der Waals surface area contributed by atoms with Crippen molar-refractivity contribution in [1.82, 2.24) is 0 Å². The summed E-state index contributed by atoms with van der Waals surface area (Å²) in [6, 6.07) is 20.6. The maximum absolute atomic E-state index is 12.4. The third-order valence-corrected chi connectivity index (χ3v) is 5.19. The highest BCUT2D eigenvalue weighted by atomic mass is 16.5. The summed E-state index contributed by atoms with van der Waals surface area (Å²) in [5, 5.41) is 5.32. The maximum atomic E-state index is 12.4. The Morgan fingerprint density at radius 1 is 1.08 bits per heavy atom. The van der Waals surface area contributed by atoms with Gasteiger partial charge < -0.3 is 10.1 Å². The van der Waals surface area contributed by atoms with Crippen molar-refractivity contribution < 1.29 is 9.53 Å². The molecule has 0 saturated carbocycles. The van der Waals surface area contributed by atoms with Crippen LogP contribution in [0.15, 0.2) is 60.7 Å². The van der Waals surface area contributed by atoms with Crippen molar-refractivity contribution in [3.63, 3.8) is 0 Å². The van der Waals surface area contributed by atoms with Crippen molar-refractivity contribution in [1.29, 1.82) is 0 Å². The molecule has 1 aliphatic heterocycles. The summed E-state index contributed by atoms with van der Waals surface area (Å²) in [4.78, 5) is 12.4. The van der Waals surface area contributed by atoms with Gasteiger partial charge in [0.2, 0.25) is 5.91 Å². The number of hydrogen-bond donors (Lipinski definition) is 1. The normalized spacial score (nSPS) is 17.5. The SMILES string of the molecule is CC[C@@H](C)Oc1ccc([C@@H]2CC(=O)Nc3c2ccc2ccccc32)cc1. The Bertz CT molecular complexity index is 946. The molecule has 26 heavy (non-hydrogen) atoms. The van der Waals surface area contributed by atoms with Gasteiger partial charge in [-0.2, -0.15) is 0 Å². The highest BCUT2D eigenvalue weighted by molar-refractivity contribution is 6.06. The first-order chi connectivity index (χ1) is 12.7. The minimum absolute atomic E-state index is 0.0683. The minimum atomic E-state index is 0.0683. The molecule has 3 heteroatoms. The van der Waals surface area contributed by atoms with Gasteiger partial charge in [0.05, 0.1) is 11.8 Å². The van der Waals surface area contributed by atoms with Crippen molar-refractivity contribution >= 4 is 22.4 Å². The molecule has 132 valence electrons. The molecule has 0 fully saturated rings. The number of fused-ring (bicyclic) bond motifs is 3. The van der Waals surface area contributed by atoms with Gasteiger partial charge in [0.15, 0.2) is 0 Å². The maximum Gasteiger partial charge on any atom is 0.225 e. The zero-order valence-corrected chi connectivity index (χ0v) is 15.2. The fraction of sp³-hybridized carbons (Fsp3) is 0.261. The van der Waals surface area contributed by atoms with Crippen LogP contribution in [0.4, 0.5) is 5.69 Å². The number of hydrogen-bond acceptors (Lipinski definition) is 2. The van der Waals surface area contributed by atoms with Crippen LogP contribution in [0.25, 0.3) is 10.8 Å². The van der Waals surface area contributed by atoms with Crippen molar-refractivity contribution in [3.8, 4) is 5.75 Å². The van der Waals surface area contributed by atoms with Crippen LogP contribution in [0.2, 0.25) is 0 Å². The molecule has 2 atom stereocenters. The lowest BCUT2D eigenvalue weighted by Crippen LogP contribution is -2.23. The van der Waals surface area contributed by atoms with Gasteiger partial charge in [-0.25, -0.2) is 0 Å². The number of rotatable bonds is 4. The molecule has 1 amide bonds. The smallest absolute Gasteiger partial charge is 0.225 e. The van der Waals surface area contributed by atoms with Crippen LogP contribution in [-0.2, 0) is 4.79 Å². The number of carbonyl (C=O) groups is 1. The van der Waals surface area contributed by atoms with E-state index in [0.29, 0.717) is 6.42 Å². The monoisotopic (exact) mass is 345 g/mol. The molecule has 1 aliphatic rings. The van der Waals surface area contributed by atoms with Crippen LogP contribution in [0.3, 0.4) is 0 Å². The Hall–Kier alpha value is -2.81. The topological polar surface area (TPSA) is 38.3 Å². The van der Waals surface area contributed by atoms with Crippen LogP contribution < -0.4 is 10.1 Å². The van der Waals surface area contributed by atoms with Gasteiger partial charge in [-0.1, -0.05) is 55.5 Å². The number of ether oxygens (including phenoxy) is 1. The third kappa shape index (κ3) is 3.05. The number of carbonyl (C=O) groups excluding carboxylic acids is 1. The van der Waals surface area contributed by atoms with Gasteiger partial charge >= 0.3 is 0 Å². The predicted molar refractivity (Wildman–Crippen MR) is 106 cm³/mol. The van der Waals surface area contributed by atoms with E-state index in [1.165, 1.54) is 5.56 Å². The fourth-order valence-electron chi connectivity index (χ4n) is 3.60. The molecule has 0 saturated heterocycles. The average molecular weight is 345 g/mol. The van der Waals surface area contributed by atoms with Gasteiger partial charge in [0, 0.05) is 17.7 Å². The summed E-state index contributed by atoms with van der Waals surface area (Å²) in [5.74, 6) is 1.02. The van der Waals surface area contributed by atoms with E-state index >= 15 is 0 Å². The second-order valence-corrected chi connectivity index (χ2v) is 6.96. The Morgan fingerprint density at radius 2 is 1.85 bits per heavy atom. The van der Waals surface area contributed by atoms with Crippen LogP contribution in [0, 0.1) is 0 Å². The number of benzene rings is 3. The fourth-order valence-corrected chi connectivity index (χ4v) is 3.60. The molecular formula is C23H23NO2. The molecule has 3 aromatic rings. The van der Waals surface area contributed by atoms with Crippen LogP contribution in [-0.4, -0.2) is 12.0 Å². The molecular weight excluding hydrogens is 322 g/mol. The molecule has 4 rings (SSSR count). The Morgan fingerprint density at radius 3 is 2.62 bits per heavy atom. The molecule has 0 bridgehead atoms. The largest absolute Gasteiger partial charge is 0.491 e. The highest BCUT2D eigenvalue weighted by Gasteiger charge is 2.27. The molecule has 3 nitrogen and oxygen atoms in total. The zero-order valence-electron chi connectivity index (χ0n) is 15.2. The van der Waals surface area contributed by atoms with Crippen molar-refractivity contribution in [3.05, 3.63) is 71.8 Å². The molecule has 3 aromatic carbocycles. The molecule has 0 aliphatic carbocycles. The van der Waals surface area contributed by atoms with Gasteiger partial charge in [0.25, 0.3) is 0 Å². The Balaban J connectivity index is 1.72. The van der Waals surface area contributed by atoms with Crippen LogP contribution >= 0.6 is 0 Å². The van der Waals surface area contributed by atoms with E-state index in [1.54, 1.807) is 0 Å². The summed E-state index contributed by atoms with van der Waals surface area (Å²) in [6.45, 7) is 4.18. The average Bonchev–Trinajstić information content (AvgIpc) is 2.67. The lowest BCUT2D eigenvalue weighted by molar-refractivity contribution is -0.116. The summed E-state index contributed by atoms with van der Waals surface area (Å²) in [6.07, 6.45) is 1.65. The van der Waals surface area contributed by atoms with Crippen LogP contribution in [0.1, 0.15) is 43.7 Å². The molecule has 0 aromatic heterocycles. The number of nitrogens with one attached hydrogen (secondary N) is 1. The Labute approximate surface area is 154 Å². The summed E-state index contributed by atoms with van der Waals surface area (Å²) in [7, 11) is 0. The van der Waals surface area contributed by atoms with E-state index in [-0.39, 0.29) is 17.9 Å². The molecule has 0 spiro atoms. The zero-order chi connectivity index (χ0) is 18.1. The van der Waals surface area contributed by atoms with E-state index in [2.05, 4.69) is 55.6 Å². The highest BCUT2D eigenvalue weighted by Crippen LogP contribution is 2.41. The summed E-state index contributed by atoms with van der Waals surface area (Å²) < 4.78 is 5.87. The lowest BCUT2D eigenvalue weighted by atomic mass is 9.83. The van der Waals surface area contributed by atoms with E-state index < -0.39 is 0 Å². The minimum Gasteiger partial charge on any atom is -0.491 e. The quantitative estimate of drug-likeness (QED) is 0.679. The van der Waals surface area contributed by atoms with E-state index in [9.17, 15) is 4.79 Å². The van der Waals surface area contributed by atoms with Gasteiger partial charge in [0.1, 0.15) is 5.75 Å². The summed E-state index contributed by atoms with van der Waals surface area (Å²) in [5.41, 5.74) is 3.27. The first-order valence-corrected chi connectivity index (χ1v) is 9.24. The first-order valence-electron chi connectivity index (χ1n) is 9.24. The predicted octanol–water partition coefficient (Wildman–Crippen LogP) is 5.49. The van der Waals surface area contributed by atoms with Crippen LogP contribution in [0.5, 0.6) is 5.75 Å². The molecule has 0 radical (unpaired) electrons. The molecule has 1 heterocycles. The van der Waals surface area contributed by atoms with E-state index in [0.717, 1.165) is 34.2 Å². The lowest BCUT2D eigenvalue weighted by Gasteiger charge is -2.27. The van der Waals surface area contributed by atoms with Gasteiger partial charge in [-0.3, -0.25) is 4.79 Å². The van der Waals surface area contributed by atoms with E-state index in [4.69, 9.17) is 4.74 Å². The molecule has 1 N–H and O–H groups in total. The molecule has 0 unspecified atom stereocenters. The standard InChI is InChI=1S/C23H23NO2/c1-3-15(2)26-18-11-8-17(9-12-18)21-14-22(25)24-23-19-7-5-4-6-16(19)10-13-20(21)23/h4-13,15,21H,3,14H2,1-2H3,(H,24,25)/t15-,21+/m1/s1. The number of anilines is 1. The number of amides is 1. The Kier molecular flexibility index (Phi) is 4.37. The van der Waals surface area contributed by atoms with Gasteiger partial charge in [-0.05, 0) is 42.0 Å². The van der Waals surface area contributed by atoms with Crippen molar-refractivity contribution in [2.24, 2.45) is 0 Å². The second kappa shape index (κ2) is 6.83. The third-order valence-electron chi connectivity index (χ3n) is 5.19. The second-order valence-electron chi connectivity index (χ2n) is 6.96. The van der Waals surface area contributed by atoms with Crippen molar-refractivity contribution in [2.45, 2.75) is 38.7 Å². The summed E-state index contributed by atoms with van der Waals surface area (Å²) >= 11 is 0.